The van der Waals surface area contributed by atoms with Crippen molar-refractivity contribution >= 4 is 21.8 Å². The fourth-order valence-corrected chi connectivity index (χ4v) is 7.03. The monoisotopic (exact) mass is 616 g/mol. The highest BCUT2D eigenvalue weighted by molar-refractivity contribution is 7.89. The minimum absolute atomic E-state index is 0.0104. The Morgan fingerprint density at radius 1 is 1.09 bits per heavy atom. The molecule has 4 atom stereocenters. The van der Waals surface area contributed by atoms with Crippen molar-refractivity contribution in [1.29, 1.82) is 0 Å². The van der Waals surface area contributed by atoms with Gasteiger partial charge in [0.2, 0.25) is 28.6 Å². The molecular weight excluding hydrogens is 572 g/mol. The van der Waals surface area contributed by atoms with Crippen molar-refractivity contribution in [2.75, 3.05) is 26.4 Å². The molecule has 12 heteroatoms. The standard InChI is InChI=1S/C31H44N4O7S/c1-21(2)19-35(43(39,40)25-11-12-27-28(17-25)42-20-41-27)30(37)16-24(15-23-8-5-4-6-9-23)34-29(36)14-22(3)18-33-31(38)26-10-7-13-32-26/h4-6,8-9,11-12,17,21-22,24,26,30,32,37H,7,10,13-16,18-20H2,1-3H3,(H,33,38)(H,34,36). The third-order valence-corrected chi connectivity index (χ3v) is 9.41. The number of carbonyl (C=O) groups excluding carboxylic acids is 2. The Kier molecular flexibility index (Phi) is 11.4. The van der Waals surface area contributed by atoms with Gasteiger partial charge in [0.15, 0.2) is 11.5 Å². The van der Waals surface area contributed by atoms with Crippen LogP contribution in [0.3, 0.4) is 0 Å². The van der Waals surface area contributed by atoms with E-state index in [2.05, 4.69) is 16.0 Å². The quantitative estimate of drug-likeness (QED) is 0.223. The average molecular weight is 617 g/mol. The van der Waals surface area contributed by atoms with Crippen LogP contribution in [-0.4, -0.2) is 74.4 Å². The average Bonchev–Trinajstić information content (AvgIpc) is 3.67. The van der Waals surface area contributed by atoms with Crippen molar-refractivity contribution in [3.8, 4) is 11.5 Å². The first-order valence-corrected chi connectivity index (χ1v) is 16.4. The smallest absolute Gasteiger partial charge is 0.245 e. The SMILES string of the molecule is CC(C)CN(C(O)CC(Cc1ccccc1)NC(=O)CC(C)CNC(=O)C1CCCN1)S(=O)(=O)c1ccc2c(c1)OCO2. The summed E-state index contributed by atoms with van der Waals surface area (Å²) in [7, 11) is -4.12. The number of fused-ring (bicyclic) bond motifs is 1. The molecule has 0 saturated carbocycles. The molecule has 2 aromatic rings. The van der Waals surface area contributed by atoms with Gasteiger partial charge in [-0.3, -0.25) is 9.59 Å². The largest absolute Gasteiger partial charge is 0.454 e. The van der Waals surface area contributed by atoms with Crippen molar-refractivity contribution in [1.82, 2.24) is 20.3 Å². The molecular formula is C31H44N4O7S. The van der Waals surface area contributed by atoms with E-state index < -0.39 is 22.3 Å². The van der Waals surface area contributed by atoms with Crippen LogP contribution >= 0.6 is 0 Å². The summed E-state index contributed by atoms with van der Waals surface area (Å²) >= 11 is 0. The Labute approximate surface area is 254 Å². The molecule has 2 aromatic carbocycles. The highest BCUT2D eigenvalue weighted by atomic mass is 32.2. The molecule has 236 valence electrons. The molecule has 0 bridgehead atoms. The van der Waals surface area contributed by atoms with Crippen LogP contribution in [0, 0.1) is 11.8 Å². The molecule has 4 rings (SSSR count). The maximum atomic E-state index is 13.8. The lowest BCUT2D eigenvalue weighted by Gasteiger charge is -2.31. The van der Waals surface area contributed by atoms with Crippen LogP contribution in [0.4, 0.5) is 0 Å². The Hall–Kier alpha value is -3.19. The first-order chi connectivity index (χ1) is 20.5. The molecule has 4 unspecified atom stereocenters. The molecule has 2 aliphatic rings. The van der Waals surface area contributed by atoms with Crippen molar-refractivity contribution in [3.05, 3.63) is 54.1 Å². The Morgan fingerprint density at radius 2 is 1.84 bits per heavy atom. The van der Waals surface area contributed by atoms with E-state index in [0.29, 0.717) is 24.5 Å². The van der Waals surface area contributed by atoms with Crippen LogP contribution < -0.4 is 25.4 Å². The van der Waals surface area contributed by atoms with Crippen LogP contribution in [0.5, 0.6) is 11.5 Å². The highest BCUT2D eigenvalue weighted by Gasteiger charge is 2.34. The van der Waals surface area contributed by atoms with E-state index in [1.165, 1.54) is 12.1 Å². The van der Waals surface area contributed by atoms with E-state index in [1.807, 2.05) is 51.1 Å². The number of carbonyl (C=O) groups is 2. The van der Waals surface area contributed by atoms with Crippen LogP contribution in [0.25, 0.3) is 0 Å². The van der Waals surface area contributed by atoms with Crippen LogP contribution in [0.1, 0.15) is 52.0 Å². The van der Waals surface area contributed by atoms with E-state index >= 15 is 0 Å². The van der Waals surface area contributed by atoms with E-state index in [1.54, 1.807) is 6.07 Å². The van der Waals surface area contributed by atoms with Crippen molar-refractivity contribution in [2.24, 2.45) is 11.8 Å². The van der Waals surface area contributed by atoms with Gasteiger partial charge in [-0.05, 0) is 55.3 Å². The Bertz CT molecular complexity index is 1330. The van der Waals surface area contributed by atoms with Crippen molar-refractivity contribution < 1.29 is 32.6 Å². The molecule has 0 aliphatic carbocycles. The van der Waals surface area contributed by atoms with Crippen LogP contribution in [0.2, 0.25) is 0 Å². The molecule has 0 spiro atoms. The second-order valence-electron chi connectivity index (χ2n) is 11.9. The Balaban J connectivity index is 1.45. The Morgan fingerprint density at radius 3 is 2.53 bits per heavy atom. The molecule has 1 saturated heterocycles. The van der Waals surface area contributed by atoms with Gasteiger partial charge in [0, 0.05) is 38.0 Å². The predicted octanol–water partition coefficient (Wildman–Crippen LogP) is 2.39. The van der Waals surface area contributed by atoms with E-state index in [0.717, 1.165) is 29.3 Å². The summed E-state index contributed by atoms with van der Waals surface area (Å²) in [5, 5.41) is 20.5. The third kappa shape index (κ3) is 9.15. The summed E-state index contributed by atoms with van der Waals surface area (Å²) in [6, 6.07) is 13.2. The number of rotatable bonds is 15. The van der Waals surface area contributed by atoms with Gasteiger partial charge in [-0.15, -0.1) is 0 Å². The van der Waals surface area contributed by atoms with Gasteiger partial charge in [0.25, 0.3) is 0 Å². The van der Waals surface area contributed by atoms with Crippen LogP contribution in [0.15, 0.2) is 53.4 Å². The zero-order chi connectivity index (χ0) is 31.0. The first-order valence-electron chi connectivity index (χ1n) is 15.0. The molecule has 43 heavy (non-hydrogen) atoms. The maximum Gasteiger partial charge on any atom is 0.245 e. The maximum absolute atomic E-state index is 13.8. The summed E-state index contributed by atoms with van der Waals surface area (Å²) in [5.74, 6) is 0.322. The number of aliphatic hydroxyl groups excluding tert-OH is 1. The highest BCUT2D eigenvalue weighted by Crippen LogP contribution is 2.35. The van der Waals surface area contributed by atoms with Gasteiger partial charge in [-0.2, -0.15) is 4.31 Å². The van der Waals surface area contributed by atoms with E-state index in [9.17, 15) is 23.1 Å². The van der Waals surface area contributed by atoms with Gasteiger partial charge < -0.3 is 30.5 Å². The summed E-state index contributed by atoms with van der Waals surface area (Å²) in [5.41, 5.74) is 0.943. The molecule has 0 radical (unpaired) electrons. The zero-order valence-electron chi connectivity index (χ0n) is 25.1. The van der Waals surface area contributed by atoms with Gasteiger partial charge >= 0.3 is 0 Å². The van der Waals surface area contributed by atoms with E-state index in [-0.39, 0.29) is 60.8 Å². The fraction of sp³-hybridized carbons (Fsp3) is 0.548. The van der Waals surface area contributed by atoms with Gasteiger partial charge in [-0.1, -0.05) is 51.1 Å². The van der Waals surface area contributed by atoms with Gasteiger partial charge in [0.05, 0.1) is 10.9 Å². The lowest BCUT2D eigenvalue weighted by Crippen LogP contribution is -2.48. The topological polar surface area (TPSA) is 146 Å². The lowest BCUT2D eigenvalue weighted by molar-refractivity contribution is -0.125. The normalized spacial score (nSPS) is 18.4. The van der Waals surface area contributed by atoms with Crippen LogP contribution in [-0.2, 0) is 26.0 Å². The summed E-state index contributed by atoms with van der Waals surface area (Å²) in [6.45, 7) is 6.94. The number of hydrogen-bond acceptors (Lipinski definition) is 8. The number of nitrogens with one attached hydrogen (secondary N) is 3. The van der Waals surface area contributed by atoms with Crippen molar-refractivity contribution in [2.45, 2.75) is 76.1 Å². The van der Waals surface area contributed by atoms with E-state index in [4.69, 9.17) is 9.47 Å². The van der Waals surface area contributed by atoms with Crippen molar-refractivity contribution in [3.63, 3.8) is 0 Å². The number of sulfonamides is 1. The minimum atomic E-state index is -4.12. The minimum Gasteiger partial charge on any atom is -0.454 e. The fourth-order valence-electron chi connectivity index (χ4n) is 5.36. The molecule has 1 fully saturated rings. The summed E-state index contributed by atoms with van der Waals surface area (Å²) in [6.07, 6.45) is 0.935. The number of ether oxygens (including phenoxy) is 2. The predicted molar refractivity (Wildman–Crippen MR) is 162 cm³/mol. The number of benzene rings is 2. The lowest BCUT2D eigenvalue weighted by atomic mass is 10.0. The molecule has 2 heterocycles. The number of hydrogen-bond donors (Lipinski definition) is 4. The summed E-state index contributed by atoms with van der Waals surface area (Å²) < 4.78 is 39.4. The second kappa shape index (κ2) is 15.0. The molecule has 11 nitrogen and oxygen atoms in total. The molecule has 2 aliphatic heterocycles. The molecule has 2 amide bonds. The summed E-state index contributed by atoms with van der Waals surface area (Å²) in [4.78, 5) is 25.5. The third-order valence-electron chi connectivity index (χ3n) is 7.55. The zero-order valence-corrected chi connectivity index (χ0v) is 25.9. The molecule has 0 aromatic heterocycles. The van der Waals surface area contributed by atoms with Gasteiger partial charge in [-0.25, -0.2) is 8.42 Å². The number of aliphatic hydroxyl groups is 1. The number of nitrogens with zero attached hydrogens (tertiary/aromatic N) is 1. The molecule has 4 N–H and O–H groups in total. The van der Waals surface area contributed by atoms with Gasteiger partial charge in [0.1, 0.15) is 6.23 Å². The number of amides is 2. The first kappa shape index (κ1) is 32.7. The second-order valence-corrected chi connectivity index (χ2v) is 13.7.